The third kappa shape index (κ3) is 1.32. The van der Waals surface area contributed by atoms with Crippen molar-refractivity contribution in [3.05, 3.63) is 12.2 Å². The van der Waals surface area contributed by atoms with Gasteiger partial charge in [0.15, 0.2) is 0 Å². The van der Waals surface area contributed by atoms with Crippen LogP contribution in [0.2, 0.25) is 0 Å². The maximum atomic E-state index is 11.4. The average molecular weight is 181 g/mol. The summed E-state index contributed by atoms with van der Waals surface area (Å²) in [6.07, 6.45) is 6.22. The molecule has 2 unspecified atom stereocenters. The molecule has 1 amide bonds. The van der Waals surface area contributed by atoms with Crippen molar-refractivity contribution < 1.29 is 9.53 Å². The van der Waals surface area contributed by atoms with Crippen LogP contribution in [-0.2, 0) is 4.74 Å². The van der Waals surface area contributed by atoms with E-state index < -0.39 is 0 Å². The van der Waals surface area contributed by atoms with Crippen LogP contribution in [0.5, 0.6) is 0 Å². The van der Waals surface area contributed by atoms with Gasteiger partial charge in [-0.1, -0.05) is 19.1 Å². The highest BCUT2D eigenvalue weighted by Gasteiger charge is 2.38. The molecule has 2 bridgehead atoms. The lowest BCUT2D eigenvalue weighted by atomic mass is 9.92. The Morgan fingerprint density at radius 1 is 1.38 bits per heavy atom. The van der Waals surface area contributed by atoms with E-state index in [4.69, 9.17) is 4.74 Å². The van der Waals surface area contributed by atoms with E-state index in [2.05, 4.69) is 19.1 Å². The van der Waals surface area contributed by atoms with Gasteiger partial charge in [-0.15, -0.1) is 0 Å². The van der Waals surface area contributed by atoms with Crippen LogP contribution in [0.15, 0.2) is 12.2 Å². The molecule has 0 saturated carbocycles. The number of hydrogen-bond acceptors (Lipinski definition) is 2. The predicted octanol–water partition coefficient (Wildman–Crippen LogP) is 1.79. The summed E-state index contributed by atoms with van der Waals surface area (Å²) in [5.41, 5.74) is 0. The molecule has 0 aromatic heterocycles. The van der Waals surface area contributed by atoms with E-state index in [0.29, 0.717) is 5.92 Å². The first-order chi connectivity index (χ1) is 6.22. The van der Waals surface area contributed by atoms with Gasteiger partial charge in [0.25, 0.3) is 0 Å². The minimum absolute atomic E-state index is 0.188. The van der Waals surface area contributed by atoms with Crippen LogP contribution in [-0.4, -0.2) is 30.2 Å². The number of fused-ring (bicyclic) bond motifs is 2. The van der Waals surface area contributed by atoms with Gasteiger partial charge in [-0.25, -0.2) is 4.79 Å². The summed E-state index contributed by atoms with van der Waals surface area (Å²) in [5, 5.41) is 0. The van der Waals surface area contributed by atoms with E-state index in [1.165, 1.54) is 7.11 Å². The van der Waals surface area contributed by atoms with Gasteiger partial charge in [-0.3, -0.25) is 4.90 Å². The summed E-state index contributed by atoms with van der Waals surface area (Å²) in [4.78, 5) is 13.2. The Kier molecular flexibility index (Phi) is 2.02. The molecule has 1 saturated heterocycles. The molecule has 1 fully saturated rings. The molecule has 3 heteroatoms. The van der Waals surface area contributed by atoms with Gasteiger partial charge in [-0.05, 0) is 18.8 Å². The fourth-order valence-corrected chi connectivity index (χ4v) is 2.37. The van der Waals surface area contributed by atoms with Crippen molar-refractivity contribution in [3.63, 3.8) is 0 Å². The molecule has 0 aromatic carbocycles. The minimum Gasteiger partial charge on any atom is -0.453 e. The number of rotatable bonds is 0. The molecule has 0 spiro atoms. The van der Waals surface area contributed by atoms with Crippen LogP contribution in [0.25, 0.3) is 0 Å². The van der Waals surface area contributed by atoms with Crippen LogP contribution in [0.1, 0.15) is 19.8 Å². The highest BCUT2D eigenvalue weighted by atomic mass is 16.5. The summed E-state index contributed by atoms with van der Waals surface area (Å²) in [6, 6.07) is 0.558. The summed E-state index contributed by atoms with van der Waals surface area (Å²) in [5.74, 6) is 0.714. The Morgan fingerprint density at radius 2 is 1.92 bits per heavy atom. The quantitative estimate of drug-likeness (QED) is 0.533. The van der Waals surface area contributed by atoms with E-state index in [0.717, 1.165) is 12.8 Å². The highest BCUT2D eigenvalue weighted by molar-refractivity contribution is 5.70. The Morgan fingerprint density at radius 3 is 2.38 bits per heavy atom. The first-order valence-corrected chi connectivity index (χ1v) is 4.77. The number of nitrogens with zero attached hydrogens (tertiary/aromatic N) is 1. The molecule has 3 atom stereocenters. The molecule has 0 aliphatic carbocycles. The fraction of sp³-hybridized carbons (Fsp3) is 0.700. The molecule has 72 valence electrons. The van der Waals surface area contributed by atoms with Gasteiger partial charge in [-0.2, -0.15) is 0 Å². The Hall–Kier alpha value is -0.990. The van der Waals surface area contributed by atoms with Gasteiger partial charge in [0, 0.05) is 0 Å². The van der Waals surface area contributed by atoms with Crippen molar-refractivity contribution in [2.75, 3.05) is 7.11 Å². The van der Waals surface area contributed by atoms with E-state index in [-0.39, 0.29) is 18.2 Å². The van der Waals surface area contributed by atoms with E-state index in [9.17, 15) is 4.79 Å². The first-order valence-electron chi connectivity index (χ1n) is 4.77. The molecular weight excluding hydrogens is 166 g/mol. The monoisotopic (exact) mass is 181 g/mol. The number of piperidine rings is 1. The summed E-state index contributed by atoms with van der Waals surface area (Å²) in [6.45, 7) is 2.24. The van der Waals surface area contributed by atoms with Crippen molar-refractivity contribution in [2.24, 2.45) is 5.92 Å². The molecule has 2 rings (SSSR count). The van der Waals surface area contributed by atoms with Crippen molar-refractivity contribution >= 4 is 6.09 Å². The Bertz CT molecular complexity index is 233. The van der Waals surface area contributed by atoms with Crippen molar-refractivity contribution in [3.8, 4) is 0 Å². The Labute approximate surface area is 78.4 Å². The molecule has 0 N–H and O–H groups in total. The molecule has 2 aliphatic heterocycles. The standard InChI is InChI=1S/C10H15NO2/c1-7-5-8-3-4-9(6-7)11(8)10(12)13-2/h3-4,7-9H,5-6H2,1-2H3/t7?,8-,9?/m0/s1. The third-order valence-corrected chi connectivity index (χ3v) is 2.94. The maximum absolute atomic E-state index is 11.4. The highest BCUT2D eigenvalue weighted by Crippen LogP contribution is 2.33. The normalized spacial score (nSPS) is 36.5. The number of carbonyl (C=O) groups is 1. The number of ether oxygens (including phenoxy) is 1. The van der Waals surface area contributed by atoms with Gasteiger partial charge >= 0.3 is 6.09 Å². The van der Waals surface area contributed by atoms with Crippen LogP contribution >= 0.6 is 0 Å². The Balaban J connectivity index is 2.13. The summed E-state index contributed by atoms with van der Waals surface area (Å²) < 4.78 is 4.75. The number of carbonyl (C=O) groups excluding carboxylic acids is 1. The zero-order chi connectivity index (χ0) is 9.42. The van der Waals surface area contributed by atoms with Crippen LogP contribution in [0.3, 0.4) is 0 Å². The second-order valence-electron chi connectivity index (χ2n) is 3.97. The molecule has 13 heavy (non-hydrogen) atoms. The smallest absolute Gasteiger partial charge is 0.410 e. The molecule has 0 aromatic rings. The lowest BCUT2D eigenvalue weighted by Crippen LogP contribution is -2.46. The third-order valence-electron chi connectivity index (χ3n) is 2.94. The number of hydrogen-bond donors (Lipinski definition) is 0. The number of amides is 1. The van der Waals surface area contributed by atoms with Crippen LogP contribution in [0.4, 0.5) is 4.79 Å². The van der Waals surface area contributed by atoms with Crippen molar-refractivity contribution in [1.82, 2.24) is 4.90 Å². The summed E-state index contributed by atoms with van der Waals surface area (Å²) >= 11 is 0. The molecule has 0 radical (unpaired) electrons. The SMILES string of the molecule is COC(=O)N1C2C=C[C@H]1CC(C)C2. The molecule has 2 aliphatic rings. The fourth-order valence-electron chi connectivity index (χ4n) is 2.37. The predicted molar refractivity (Wildman–Crippen MR) is 49.4 cm³/mol. The zero-order valence-electron chi connectivity index (χ0n) is 8.06. The molecule has 2 heterocycles. The number of methoxy groups -OCH3 is 1. The molecule has 3 nitrogen and oxygen atoms in total. The van der Waals surface area contributed by atoms with Crippen LogP contribution in [0, 0.1) is 5.92 Å². The topological polar surface area (TPSA) is 29.5 Å². The second kappa shape index (κ2) is 3.05. The van der Waals surface area contributed by atoms with E-state index in [1.54, 1.807) is 0 Å². The zero-order valence-corrected chi connectivity index (χ0v) is 8.06. The lowest BCUT2D eigenvalue weighted by molar-refractivity contribution is 0.0807. The molecular formula is C10H15NO2. The van der Waals surface area contributed by atoms with Gasteiger partial charge in [0.05, 0.1) is 19.2 Å². The first kappa shape index (κ1) is 8.60. The van der Waals surface area contributed by atoms with Crippen molar-refractivity contribution in [2.45, 2.75) is 31.8 Å². The van der Waals surface area contributed by atoms with Gasteiger partial charge < -0.3 is 4.74 Å². The average Bonchev–Trinajstić information content (AvgIpc) is 2.37. The largest absolute Gasteiger partial charge is 0.453 e. The van der Waals surface area contributed by atoms with Crippen LogP contribution < -0.4 is 0 Å². The second-order valence-corrected chi connectivity index (χ2v) is 3.97. The van der Waals surface area contributed by atoms with E-state index >= 15 is 0 Å². The maximum Gasteiger partial charge on any atom is 0.410 e. The van der Waals surface area contributed by atoms with Gasteiger partial charge in [0.2, 0.25) is 0 Å². The van der Waals surface area contributed by atoms with E-state index in [1.807, 2.05) is 4.90 Å². The minimum atomic E-state index is -0.188. The van der Waals surface area contributed by atoms with Crippen molar-refractivity contribution in [1.29, 1.82) is 0 Å². The lowest BCUT2D eigenvalue weighted by Gasteiger charge is -2.36. The summed E-state index contributed by atoms with van der Waals surface area (Å²) in [7, 11) is 1.44. The van der Waals surface area contributed by atoms with Gasteiger partial charge in [0.1, 0.15) is 0 Å².